The molecule has 0 radical (unpaired) electrons. The Kier molecular flexibility index (Phi) is 5.38. The highest BCUT2D eigenvalue weighted by Gasteiger charge is 2.42. The minimum atomic E-state index is -0.0193. The molecule has 1 saturated carbocycles. The molecule has 3 unspecified atom stereocenters. The first-order valence-corrected chi connectivity index (χ1v) is 8.88. The van der Waals surface area contributed by atoms with E-state index in [1.807, 2.05) is 0 Å². The summed E-state index contributed by atoms with van der Waals surface area (Å²) in [7, 11) is 0. The van der Waals surface area contributed by atoms with E-state index >= 15 is 0 Å². The molecule has 2 aliphatic rings. The predicted molar refractivity (Wildman–Crippen MR) is 89.7 cm³/mol. The summed E-state index contributed by atoms with van der Waals surface area (Å²) in [6.07, 6.45) is 5.51. The van der Waals surface area contributed by atoms with Crippen molar-refractivity contribution in [3.63, 3.8) is 0 Å². The van der Waals surface area contributed by atoms with Crippen LogP contribution in [0.25, 0.3) is 0 Å². The fraction of sp³-hybridized carbons (Fsp3) is 1.00. The Hall–Kier alpha value is -0.120. The van der Waals surface area contributed by atoms with E-state index in [4.69, 9.17) is 4.74 Å². The number of hydrogen-bond acceptors (Lipinski definition) is 3. The smallest absolute Gasteiger partial charge is 0.0757 e. The van der Waals surface area contributed by atoms with Gasteiger partial charge in [-0.2, -0.15) is 0 Å². The molecule has 2 rings (SSSR count). The summed E-state index contributed by atoms with van der Waals surface area (Å²) in [5.41, 5.74) is 0.454. The second-order valence-corrected chi connectivity index (χ2v) is 8.65. The van der Waals surface area contributed by atoms with E-state index in [1.165, 1.54) is 25.7 Å². The summed E-state index contributed by atoms with van der Waals surface area (Å²) in [5.74, 6) is 0. The molecule has 3 heteroatoms. The minimum Gasteiger partial charge on any atom is -0.370 e. The van der Waals surface area contributed by atoms with E-state index in [9.17, 15) is 0 Å². The van der Waals surface area contributed by atoms with E-state index in [0.29, 0.717) is 23.6 Å². The van der Waals surface area contributed by atoms with Crippen LogP contribution in [-0.2, 0) is 4.74 Å². The van der Waals surface area contributed by atoms with Gasteiger partial charge in [0.15, 0.2) is 0 Å². The summed E-state index contributed by atoms with van der Waals surface area (Å²) >= 11 is 0. The first-order chi connectivity index (χ1) is 9.72. The zero-order valence-corrected chi connectivity index (χ0v) is 15.0. The average molecular weight is 296 g/mol. The summed E-state index contributed by atoms with van der Waals surface area (Å²) in [6.45, 7) is 17.1. The molecule has 21 heavy (non-hydrogen) atoms. The number of nitrogens with one attached hydrogen (secondary N) is 1. The molecule has 0 aromatic rings. The van der Waals surface area contributed by atoms with Gasteiger partial charge >= 0.3 is 0 Å². The molecule has 1 saturated heterocycles. The second kappa shape index (κ2) is 6.55. The Bertz CT molecular complexity index is 340. The van der Waals surface area contributed by atoms with Gasteiger partial charge in [-0.3, -0.25) is 4.90 Å². The topological polar surface area (TPSA) is 24.5 Å². The minimum absolute atomic E-state index is 0.0193. The fourth-order valence-corrected chi connectivity index (χ4v) is 4.26. The third-order valence-electron chi connectivity index (χ3n) is 5.08. The Labute approximate surface area is 131 Å². The Balaban J connectivity index is 2.10. The molecular weight excluding hydrogens is 260 g/mol. The van der Waals surface area contributed by atoms with Crippen molar-refractivity contribution in [1.29, 1.82) is 0 Å². The SMILES string of the molecule is CCCNC1CCC(C)(C)CC1N1CC(C)OC(C)(C)C1. The lowest BCUT2D eigenvalue weighted by Crippen LogP contribution is -2.62. The van der Waals surface area contributed by atoms with Crippen molar-refractivity contribution in [2.75, 3.05) is 19.6 Å². The van der Waals surface area contributed by atoms with Crippen molar-refractivity contribution >= 4 is 0 Å². The van der Waals surface area contributed by atoms with Crippen LogP contribution < -0.4 is 5.32 Å². The quantitative estimate of drug-likeness (QED) is 0.860. The summed E-state index contributed by atoms with van der Waals surface area (Å²) in [6, 6.07) is 1.31. The zero-order valence-electron chi connectivity index (χ0n) is 15.0. The molecule has 1 heterocycles. The Morgan fingerprint density at radius 1 is 1.24 bits per heavy atom. The number of hydrogen-bond donors (Lipinski definition) is 1. The van der Waals surface area contributed by atoms with Crippen LogP contribution in [0.15, 0.2) is 0 Å². The number of nitrogens with zero attached hydrogens (tertiary/aromatic N) is 1. The van der Waals surface area contributed by atoms with Crippen LogP contribution in [-0.4, -0.2) is 48.3 Å². The normalized spacial score (nSPS) is 36.6. The number of ether oxygens (including phenoxy) is 1. The third-order valence-corrected chi connectivity index (χ3v) is 5.08. The maximum Gasteiger partial charge on any atom is 0.0757 e. The van der Waals surface area contributed by atoms with Crippen LogP contribution in [0.1, 0.15) is 67.2 Å². The summed E-state index contributed by atoms with van der Waals surface area (Å²) < 4.78 is 6.10. The molecule has 1 aliphatic heterocycles. The number of morpholine rings is 1. The van der Waals surface area contributed by atoms with Crippen LogP contribution in [0, 0.1) is 5.41 Å². The van der Waals surface area contributed by atoms with Gasteiger partial charge in [-0.25, -0.2) is 0 Å². The fourth-order valence-electron chi connectivity index (χ4n) is 4.26. The van der Waals surface area contributed by atoms with Crippen LogP contribution in [0.4, 0.5) is 0 Å². The summed E-state index contributed by atoms with van der Waals surface area (Å²) in [5, 5.41) is 3.82. The van der Waals surface area contributed by atoms with E-state index in [0.717, 1.165) is 19.6 Å². The first-order valence-electron chi connectivity index (χ1n) is 8.88. The Morgan fingerprint density at radius 3 is 2.57 bits per heavy atom. The van der Waals surface area contributed by atoms with Crippen molar-refractivity contribution < 1.29 is 4.74 Å². The largest absolute Gasteiger partial charge is 0.370 e. The average Bonchev–Trinajstić information content (AvgIpc) is 2.34. The predicted octanol–water partition coefficient (Wildman–Crippen LogP) is 3.43. The molecule has 0 amide bonds. The highest BCUT2D eigenvalue weighted by atomic mass is 16.5. The highest BCUT2D eigenvalue weighted by molar-refractivity contribution is 4.97. The van der Waals surface area contributed by atoms with Crippen LogP contribution >= 0.6 is 0 Å². The molecule has 1 N–H and O–H groups in total. The van der Waals surface area contributed by atoms with Crippen molar-refractivity contribution in [2.24, 2.45) is 5.41 Å². The van der Waals surface area contributed by atoms with Gasteiger partial charge in [-0.1, -0.05) is 20.8 Å². The van der Waals surface area contributed by atoms with Gasteiger partial charge in [0.1, 0.15) is 0 Å². The van der Waals surface area contributed by atoms with E-state index in [-0.39, 0.29) is 5.60 Å². The molecule has 3 atom stereocenters. The lowest BCUT2D eigenvalue weighted by Gasteiger charge is -2.51. The highest BCUT2D eigenvalue weighted by Crippen LogP contribution is 2.39. The van der Waals surface area contributed by atoms with Crippen molar-refractivity contribution in [3.05, 3.63) is 0 Å². The maximum atomic E-state index is 6.10. The molecule has 0 aromatic carbocycles. The molecule has 1 aliphatic carbocycles. The molecule has 0 aromatic heterocycles. The van der Waals surface area contributed by atoms with E-state index in [2.05, 4.69) is 51.8 Å². The maximum absolute atomic E-state index is 6.10. The molecule has 0 bridgehead atoms. The van der Waals surface area contributed by atoms with Gasteiger partial charge < -0.3 is 10.1 Å². The molecule has 124 valence electrons. The van der Waals surface area contributed by atoms with Gasteiger partial charge in [0.05, 0.1) is 11.7 Å². The monoisotopic (exact) mass is 296 g/mol. The van der Waals surface area contributed by atoms with E-state index in [1.54, 1.807) is 0 Å². The standard InChI is InChI=1S/C18H36N2O/c1-7-10-19-15-8-9-17(3,4)11-16(15)20-12-14(2)21-18(5,6)13-20/h14-16,19H,7-13H2,1-6H3. The molecule has 2 fully saturated rings. The summed E-state index contributed by atoms with van der Waals surface area (Å²) in [4.78, 5) is 2.71. The zero-order chi connectivity index (χ0) is 15.7. The van der Waals surface area contributed by atoms with Gasteiger partial charge in [-0.15, -0.1) is 0 Å². The van der Waals surface area contributed by atoms with Crippen molar-refractivity contribution in [3.8, 4) is 0 Å². The van der Waals surface area contributed by atoms with Crippen molar-refractivity contribution in [1.82, 2.24) is 10.2 Å². The van der Waals surface area contributed by atoms with Gasteiger partial charge in [0.2, 0.25) is 0 Å². The van der Waals surface area contributed by atoms with E-state index < -0.39 is 0 Å². The van der Waals surface area contributed by atoms with Crippen LogP contribution in [0.5, 0.6) is 0 Å². The Morgan fingerprint density at radius 2 is 1.95 bits per heavy atom. The third kappa shape index (κ3) is 4.67. The van der Waals surface area contributed by atoms with Crippen molar-refractivity contribution in [2.45, 2.75) is 91.0 Å². The molecule has 0 spiro atoms. The number of rotatable bonds is 4. The molecular formula is C18H36N2O. The second-order valence-electron chi connectivity index (χ2n) is 8.65. The lowest BCUT2D eigenvalue weighted by molar-refractivity contribution is -0.146. The molecule has 3 nitrogen and oxygen atoms in total. The van der Waals surface area contributed by atoms with Gasteiger partial charge in [0.25, 0.3) is 0 Å². The van der Waals surface area contributed by atoms with Crippen LogP contribution in [0.2, 0.25) is 0 Å². The van der Waals surface area contributed by atoms with Crippen LogP contribution in [0.3, 0.4) is 0 Å². The lowest BCUT2D eigenvalue weighted by atomic mass is 9.72. The van der Waals surface area contributed by atoms with Gasteiger partial charge in [0, 0.05) is 25.2 Å². The van der Waals surface area contributed by atoms with Gasteiger partial charge in [-0.05, 0) is 58.4 Å². The first kappa shape index (κ1) is 17.2.